The van der Waals surface area contributed by atoms with Crippen molar-refractivity contribution in [2.24, 2.45) is 5.92 Å². The Labute approximate surface area is 175 Å². The number of carbonyl (C=O) groups is 1. The van der Waals surface area contributed by atoms with Crippen LogP contribution < -0.4 is 5.32 Å². The molecule has 3 rings (SSSR count). The first-order chi connectivity index (χ1) is 13.2. The van der Waals surface area contributed by atoms with Crippen LogP contribution >= 0.6 is 15.9 Å². The van der Waals surface area contributed by atoms with E-state index in [1.807, 2.05) is 57.2 Å². The topological polar surface area (TPSA) is 66.5 Å². The fourth-order valence-corrected chi connectivity index (χ4v) is 6.22. The summed E-state index contributed by atoms with van der Waals surface area (Å²) in [4.78, 5) is 13.1. The third kappa shape index (κ3) is 4.47. The van der Waals surface area contributed by atoms with Crippen LogP contribution in [0.5, 0.6) is 0 Å². The van der Waals surface area contributed by atoms with Gasteiger partial charge in [0.2, 0.25) is 15.9 Å². The van der Waals surface area contributed by atoms with Crippen molar-refractivity contribution in [3.05, 3.63) is 57.6 Å². The highest BCUT2D eigenvalue weighted by molar-refractivity contribution is 9.10. The van der Waals surface area contributed by atoms with E-state index in [2.05, 4.69) is 21.2 Å². The van der Waals surface area contributed by atoms with Gasteiger partial charge in [-0.1, -0.05) is 39.7 Å². The first-order valence-corrected chi connectivity index (χ1v) is 11.6. The molecule has 0 spiro atoms. The van der Waals surface area contributed by atoms with Gasteiger partial charge in [-0.2, -0.15) is 4.31 Å². The van der Waals surface area contributed by atoms with Gasteiger partial charge in [0.15, 0.2) is 0 Å². The average molecular weight is 465 g/mol. The van der Waals surface area contributed by atoms with Crippen molar-refractivity contribution >= 4 is 37.5 Å². The molecule has 28 heavy (non-hydrogen) atoms. The summed E-state index contributed by atoms with van der Waals surface area (Å²) in [6.45, 7) is 6.26. The zero-order valence-corrected chi connectivity index (χ0v) is 18.7. The van der Waals surface area contributed by atoms with E-state index in [1.54, 1.807) is 0 Å². The highest BCUT2D eigenvalue weighted by atomic mass is 79.9. The van der Waals surface area contributed by atoms with Gasteiger partial charge in [-0.15, -0.1) is 0 Å². The van der Waals surface area contributed by atoms with E-state index in [9.17, 15) is 13.2 Å². The predicted molar refractivity (Wildman–Crippen MR) is 115 cm³/mol. The lowest BCUT2D eigenvalue weighted by Gasteiger charge is -2.32. The largest absolute Gasteiger partial charge is 0.326 e. The molecule has 7 heteroatoms. The molecule has 1 fully saturated rings. The molecule has 1 heterocycles. The van der Waals surface area contributed by atoms with Gasteiger partial charge >= 0.3 is 0 Å². The molecular formula is C21H25BrN2O3S. The molecule has 0 saturated carbocycles. The van der Waals surface area contributed by atoms with Crippen molar-refractivity contribution in [3.8, 4) is 0 Å². The van der Waals surface area contributed by atoms with E-state index in [1.165, 1.54) is 4.31 Å². The van der Waals surface area contributed by atoms with Crippen molar-refractivity contribution in [1.82, 2.24) is 4.31 Å². The maximum atomic E-state index is 13.3. The lowest BCUT2D eigenvalue weighted by molar-refractivity contribution is -0.120. The van der Waals surface area contributed by atoms with Crippen LogP contribution in [0.2, 0.25) is 0 Å². The lowest BCUT2D eigenvalue weighted by Crippen LogP contribution is -2.44. The first-order valence-electron chi connectivity index (χ1n) is 9.33. The summed E-state index contributed by atoms with van der Waals surface area (Å²) >= 11 is 3.39. The molecule has 0 aliphatic carbocycles. The Balaban J connectivity index is 1.80. The van der Waals surface area contributed by atoms with Crippen molar-refractivity contribution in [2.75, 3.05) is 18.4 Å². The van der Waals surface area contributed by atoms with Crippen LogP contribution in [-0.2, 0) is 14.8 Å². The zero-order valence-electron chi connectivity index (χ0n) is 16.3. The van der Waals surface area contributed by atoms with Gasteiger partial charge in [0.05, 0.1) is 10.8 Å². The molecule has 1 aliphatic heterocycles. The van der Waals surface area contributed by atoms with Gasteiger partial charge in [-0.05, 0) is 62.9 Å². The Morgan fingerprint density at radius 3 is 2.46 bits per heavy atom. The predicted octanol–water partition coefficient (Wildman–Crippen LogP) is 4.41. The average Bonchev–Trinajstić information content (AvgIpc) is 2.60. The Morgan fingerprint density at radius 2 is 1.82 bits per heavy atom. The van der Waals surface area contributed by atoms with Crippen LogP contribution in [0.3, 0.4) is 0 Å². The zero-order chi connectivity index (χ0) is 20.5. The number of hydrogen-bond acceptors (Lipinski definition) is 3. The monoisotopic (exact) mass is 464 g/mol. The van der Waals surface area contributed by atoms with Gasteiger partial charge in [-0.3, -0.25) is 4.79 Å². The van der Waals surface area contributed by atoms with Crippen LogP contribution in [0, 0.1) is 26.7 Å². The molecule has 0 aromatic heterocycles. The molecule has 1 unspecified atom stereocenters. The maximum absolute atomic E-state index is 13.3. The van der Waals surface area contributed by atoms with Crippen LogP contribution in [0.25, 0.3) is 0 Å². The van der Waals surface area contributed by atoms with Crippen molar-refractivity contribution in [3.63, 3.8) is 0 Å². The minimum atomic E-state index is -3.64. The number of aryl methyl sites for hydroxylation is 3. The second kappa shape index (κ2) is 8.35. The highest BCUT2D eigenvalue weighted by Crippen LogP contribution is 2.29. The molecular weight excluding hydrogens is 440 g/mol. The molecule has 2 aromatic rings. The molecule has 150 valence electrons. The Bertz CT molecular complexity index is 981. The number of nitrogens with zero attached hydrogens (tertiary/aromatic N) is 1. The third-order valence-electron chi connectivity index (χ3n) is 5.05. The number of carbonyl (C=O) groups excluding carboxylic acids is 1. The van der Waals surface area contributed by atoms with Crippen LogP contribution in [-0.4, -0.2) is 31.7 Å². The minimum absolute atomic E-state index is 0.143. The summed E-state index contributed by atoms with van der Waals surface area (Å²) in [6.07, 6.45) is 1.34. The second-order valence-corrected chi connectivity index (χ2v) is 10.2. The Kier molecular flexibility index (Phi) is 6.27. The Hall–Kier alpha value is -1.70. The molecule has 0 bridgehead atoms. The number of benzene rings is 2. The van der Waals surface area contributed by atoms with Gasteiger partial charge < -0.3 is 5.32 Å². The summed E-state index contributed by atoms with van der Waals surface area (Å²) in [6, 6.07) is 11.2. The molecule has 5 nitrogen and oxygen atoms in total. The molecule has 1 aliphatic rings. The lowest BCUT2D eigenvalue weighted by atomic mass is 9.99. The Morgan fingerprint density at radius 1 is 1.14 bits per heavy atom. The third-order valence-corrected chi connectivity index (χ3v) is 7.71. The van der Waals surface area contributed by atoms with E-state index >= 15 is 0 Å². The first kappa shape index (κ1) is 21.0. The van der Waals surface area contributed by atoms with Crippen molar-refractivity contribution in [1.29, 1.82) is 0 Å². The van der Waals surface area contributed by atoms with Gasteiger partial charge in [0.1, 0.15) is 0 Å². The number of nitrogens with one attached hydrogen (secondary N) is 1. The smallest absolute Gasteiger partial charge is 0.243 e. The summed E-state index contributed by atoms with van der Waals surface area (Å²) in [5, 5.41) is 2.90. The van der Waals surface area contributed by atoms with Gasteiger partial charge in [0, 0.05) is 23.2 Å². The molecule has 2 aromatic carbocycles. The number of halogens is 1. The van der Waals surface area contributed by atoms with E-state index in [0.717, 1.165) is 21.2 Å². The molecule has 1 amide bonds. The number of anilines is 1. The maximum Gasteiger partial charge on any atom is 0.243 e. The van der Waals surface area contributed by atoms with Crippen molar-refractivity contribution < 1.29 is 13.2 Å². The SMILES string of the molecule is Cc1cc(C)c(S(=O)(=O)N2CCCC(C(=O)Nc3cccc(Br)c3)C2)c(C)c1. The quantitative estimate of drug-likeness (QED) is 0.728. The number of sulfonamides is 1. The standard InChI is InChI=1S/C21H25BrN2O3S/c1-14-10-15(2)20(16(3)11-14)28(26,27)24-9-5-6-17(13-24)21(25)23-19-8-4-7-18(22)12-19/h4,7-8,10-12,17H,5-6,9,13H2,1-3H3,(H,23,25). The summed E-state index contributed by atoms with van der Waals surface area (Å²) in [5.74, 6) is -0.510. The normalized spacial score (nSPS) is 18.1. The minimum Gasteiger partial charge on any atom is -0.326 e. The van der Waals surface area contributed by atoms with Crippen LogP contribution in [0.4, 0.5) is 5.69 Å². The van der Waals surface area contributed by atoms with Crippen LogP contribution in [0.15, 0.2) is 45.8 Å². The van der Waals surface area contributed by atoms with E-state index in [-0.39, 0.29) is 18.4 Å². The highest BCUT2D eigenvalue weighted by Gasteiger charge is 2.34. The van der Waals surface area contributed by atoms with Crippen molar-refractivity contribution in [2.45, 2.75) is 38.5 Å². The number of piperidine rings is 1. The summed E-state index contributed by atoms with van der Waals surface area (Å²) < 4.78 is 28.9. The van der Waals surface area contributed by atoms with E-state index in [4.69, 9.17) is 0 Å². The van der Waals surface area contributed by atoms with E-state index < -0.39 is 10.0 Å². The number of hydrogen-bond donors (Lipinski definition) is 1. The van der Waals surface area contributed by atoms with E-state index in [0.29, 0.717) is 30.0 Å². The van der Waals surface area contributed by atoms with Crippen LogP contribution in [0.1, 0.15) is 29.5 Å². The molecule has 1 atom stereocenters. The second-order valence-electron chi connectivity index (χ2n) is 7.43. The number of rotatable bonds is 4. The van der Waals surface area contributed by atoms with Gasteiger partial charge in [-0.25, -0.2) is 8.42 Å². The fourth-order valence-electron chi connectivity index (χ4n) is 3.89. The molecule has 1 saturated heterocycles. The molecule has 1 N–H and O–H groups in total. The summed E-state index contributed by atoms with van der Waals surface area (Å²) in [5.41, 5.74) is 3.24. The van der Waals surface area contributed by atoms with Gasteiger partial charge in [0.25, 0.3) is 0 Å². The molecule has 0 radical (unpaired) electrons. The number of amides is 1. The fraction of sp³-hybridized carbons (Fsp3) is 0.381. The summed E-state index contributed by atoms with van der Waals surface area (Å²) in [7, 11) is -3.64.